The van der Waals surface area contributed by atoms with E-state index in [1.807, 2.05) is 0 Å². The zero-order valence-corrected chi connectivity index (χ0v) is 14.8. The Bertz CT molecular complexity index is 837. The Morgan fingerprint density at radius 1 is 0.429 bits per heavy atom. The fourth-order valence-corrected chi connectivity index (χ4v) is 7.18. The predicted octanol–water partition coefficient (Wildman–Crippen LogP) is 4.03. The van der Waals surface area contributed by atoms with Crippen LogP contribution < -0.4 is 8.32 Å². The maximum atomic E-state index is 2.32. The van der Waals surface area contributed by atoms with E-state index in [1.54, 1.807) is 8.32 Å². The molecule has 0 fully saturated rings. The van der Waals surface area contributed by atoms with Crippen LogP contribution in [0.5, 0.6) is 0 Å². The monoisotopic (exact) mass is 318 g/mol. The van der Waals surface area contributed by atoms with E-state index in [0.717, 1.165) is 0 Å². The zero-order chi connectivity index (χ0) is 14.1. The number of benzene rings is 4. The molecule has 0 amide bonds. The summed E-state index contributed by atoms with van der Waals surface area (Å²) >= 11 is -0.986. The van der Waals surface area contributed by atoms with Gasteiger partial charge in [-0.2, -0.15) is 0 Å². The van der Waals surface area contributed by atoms with Gasteiger partial charge in [0.05, 0.1) is 0 Å². The number of rotatable bonds is 2. The van der Waals surface area contributed by atoms with Gasteiger partial charge in [0.1, 0.15) is 0 Å². The van der Waals surface area contributed by atoms with E-state index in [1.165, 1.54) is 21.5 Å². The molecule has 0 radical (unpaired) electrons. The molecule has 0 heterocycles. The second-order valence-electron chi connectivity index (χ2n) is 5.45. The third kappa shape index (κ3) is 2.39. The van der Waals surface area contributed by atoms with Gasteiger partial charge in [-0.1, -0.05) is 0 Å². The average Bonchev–Trinajstić information content (AvgIpc) is 2.56. The van der Waals surface area contributed by atoms with E-state index in [0.29, 0.717) is 0 Å². The molecule has 4 rings (SSSR count). The van der Waals surface area contributed by atoms with Gasteiger partial charge in [0.15, 0.2) is 0 Å². The maximum absolute atomic E-state index is 2.32. The van der Waals surface area contributed by atoms with Crippen LogP contribution >= 0.6 is 0 Å². The van der Waals surface area contributed by atoms with Crippen LogP contribution in [0.2, 0.25) is 0 Å². The van der Waals surface area contributed by atoms with Crippen molar-refractivity contribution in [3.63, 3.8) is 0 Å². The number of hydrogen-bond donors (Lipinski definition) is 0. The van der Waals surface area contributed by atoms with Crippen LogP contribution in [0.1, 0.15) is 0 Å². The number of fused-ring (bicyclic) bond motifs is 2. The fraction of sp³-hybridized carbons (Fsp3) is 0. The minimum absolute atomic E-state index is 0.986. The molecule has 1 heteroatoms. The Labute approximate surface area is 132 Å². The van der Waals surface area contributed by atoms with Gasteiger partial charge in [-0.05, 0) is 0 Å². The van der Waals surface area contributed by atoms with Gasteiger partial charge in [0.25, 0.3) is 0 Å². The molecule has 0 spiro atoms. The molecule has 0 N–H and O–H groups in total. The first kappa shape index (κ1) is 12.7. The average molecular weight is 320 g/mol. The van der Waals surface area contributed by atoms with E-state index < -0.39 is 17.1 Å². The van der Waals surface area contributed by atoms with Gasteiger partial charge in [0, 0.05) is 0 Å². The summed E-state index contributed by atoms with van der Waals surface area (Å²) in [6.45, 7) is 0. The van der Waals surface area contributed by atoms with Crippen molar-refractivity contribution < 1.29 is 17.1 Å². The van der Waals surface area contributed by atoms with E-state index in [-0.39, 0.29) is 0 Å². The van der Waals surface area contributed by atoms with Gasteiger partial charge in [-0.15, -0.1) is 0 Å². The Kier molecular flexibility index (Phi) is 3.29. The van der Waals surface area contributed by atoms with Gasteiger partial charge >= 0.3 is 132 Å². The molecule has 0 nitrogen and oxygen atoms in total. The Morgan fingerprint density at radius 2 is 0.857 bits per heavy atom. The van der Waals surface area contributed by atoms with Gasteiger partial charge in [-0.25, -0.2) is 0 Å². The summed E-state index contributed by atoms with van der Waals surface area (Å²) in [5, 5.41) is 5.60. The molecule has 0 atom stereocenters. The van der Waals surface area contributed by atoms with Crippen LogP contribution in [0.15, 0.2) is 84.9 Å². The minimum atomic E-state index is -0.986. The van der Waals surface area contributed by atoms with Crippen molar-refractivity contribution in [2.24, 2.45) is 0 Å². The standard InChI is InChI=1S/2C10H7.Zn/c2*1-2-6-10-8-4-3-7-9(10)5-1;/h2*1-7H;. The van der Waals surface area contributed by atoms with E-state index in [2.05, 4.69) is 84.9 Å². The number of hydrogen-bond acceptors (Lipinski definition) is 0. The predicted molar refractivity (Wildman–Crippen MR) is 87.2 cm³/mol. The third-order valence-corrected chi connectivity index (χ3v) is 8.33. The van der Waals surface area contributed by atoms with E-state index >= 15 is 0 Å². The first-order chi connectivity index (χ1) is 10.4. The fourth-order valence-electron chi connectivity index (χ4n) is 3.10. The third-order valence-electron chi connectivity index (χ3n) is 4.14. The first-order valence-electron chi connectivity index (χ1n) is 7.35. The van der Waals surface area contributed by atoms with Crippen molar-refractivity contribution in [3.8, 4) is 0 Å². The van der Waals surface area contributed by atoms with E-state index in [9.17, 15) is 0 Å². The molecule has 21 heavy (non-hydrogen) atoms. The molecule has 0 bridgehead atoms. The quantitative estimate of drug-likeness (QED) is 0.489. The summed E-state index contributed by atoms with van der Waals surface area (Å²) in [5.74, 6) is 0. The summed E-state index contributed by atoms with van der Waals surface area (Å²) < 4.78 is 3.16. The molecule has 0 unspecified atom stereocenters. The summed E-state index contributed by atoms with van der Waals surface area (Å²) in [6, 6.07) is 31.0. The van der Waals surface area contributed by atoms with Crippen LogP contribution in [-0.2, 0) is 17.1 Å². The first-order valence-corrected chi connectivity index (χ1v) is 10.3. The molecule has 96 valence electrons. The second kappa shape index (κ2) is 5.43. The van der Waals surface area contributed by atoms with Crippen molar-refractivity contribution in [1.29, 1.82) is 0 Å². The van der Waals surface area contributed by atoms with Crippen molar-refractivity contribution in [2.45, 2.75) is 0 Å². The molecule has 4 aromatic rings. The van der Waals surface area contributed by atoms with Gasteiger partial charge < -0.3 is 0 Å². The van der Waals surface area contributed by atoms with Crippen molar-refractivity contribution >= 4 is 29.9 Å². The van der Waals surface area contributed by atoms with Gasteiger partial charge in [-0.3, -0.25) is 0 Å². The van der Waals surface area contributed by atoms with Crippen LogP contribution in [-0.4, -0.2) is 0 Å². The Balaban J connectivity index is 1.87. The van der Waals surface area contributed by atoms with Crippen LogP contribution in [0.4, 0.5) is 0 Å². The van der Waals surface area contributed by atoms with Crippen LogP contribution in [0, 0.1) is 0 Å². The van der Waals surface area contributed by atoms with Crippen molar-refractivity contribution in [2.75, 3.05) is 0 Å². The molecule has 0 aliphatic rings. The second-order valence-corrected chi connectivity index (χ2v) is 9.39. The molecule has 0 aliphatic carbocycles. The summed E-state index contributed by atoms with van der Waals surface area (Å²) in [7, 11) is 0. The summed E-state index contributed by atoms with van der Waals surface area (Å²) in [6.07, 6.45) is 0. The SMILES string of the molecule is c1ccc2[c]([Zn][c]3cccc4ccccc34)cccc2c1. The molecule has 4 aromatic carbocycles. The summed E-state index contributed by atoms with van der Waals surface area (Å²) in [4.78, 5) is 0. The Morgan fingerprint density at radius 3 is 1.38 bits per heavy atom. The molecular weight excluding hydrogens is 306 g/mol. The molecule has 0 saturated carbocycles. The normalized spacial score (nSPS) is 10.7. The Hall–Kier alpha value is -1.98. The van der Waals surface area contributed by atoms with Crippen molar-refractivity contribution in [3.05, 3.63) is 84.9 Å². The van der Waals surface area contributed by atoms with Crippen LogP contribution in [0.25, 0.3) is 21.5 Å². The van der Waals surface area contributed by atoms with Crippen molar-refractivity contribution in [1.82, 2.24) is 0 Å². The molecular formula is C20H14Zn. The molecule has 0 aliphatic heterocycles. The topological polar surface area (TPSA) is 0 Å². The summed E-state index contributed by atoms with van der Waals surface area (Å²) in [5.41, 5.74) is 0. The molecule has 0 aromatic heterocycles. The van der Waals surface area contributed by atoms with E-state index in [4.69, 9.17) is 0 Å². The van der Waals surface area contributed by atoms with Crippen LogP contribution in [0.3, 0.4) is 0 Å². The zero-order valence-electron chi connectivity index (χ0n) is 11.8. The molecule has 0 saturated heterocycles. The van der Waals surface area contributed by atoms with Gasteiger partial charge in [0.2, 0.25) is 0 Å².